The van der Waals surface area contributed by atoms with Gasteiger partial charge in [0.05, 0.1) is 5.52 Å². The number of fused-ring (bicyclic) bond motifs is 2. The summed E-state index contributed by atoms with van der Waals surface area (Å²) in [5, 5.41) is 10.8. The second-order valence-electron chi connectivity index (χ2n) is 6.78. The van der Waals surface area contributed by atoms with Crippen molar-refractivity contribution in [3.8, 4) is 0 Å². The second-order valence-corrected chi connectivity index (χ2v) is 6.78. The number of aromatic nitrogens is 2. The molecule has 0 spiro atoms. The fourth-order valence-corrected chi connectivity index (χ4v) is 3.51. The van der Waals surface area contributed by atoms with Gasteiger partial charge in [0, 0.05) is 23.0 Å². The average molecular weight is 357 g/mol. The summed E-state index contributed by atoms with van der Waals surface area (Å²) in [6.45, 7) is 2.93. The minimum absolute atomic E-state index is 0.114. The molecule has 0 bridgehead atoms. The summed E-state index contributed by atoms with van der Waals surface area (Å²) in [6.07, 6.45) is 3.28. The van der Waals surface area contributed by atoms with Crippen molar-refractivity contribution >= 4 is 33.3 Å². The van der Waals surface area contributed by atoms with Gasteiger partial charge in [0.15, 0.2) is 0 Å². The molecule has 3 aromatic carbocycles. The Bertz CT molecular complexity index is 1090. The van der Waals surface area contributed by atoms with Gasteiger partial charge >= 0.3 is 0 Å². The zero-order chi connectivity index (χ0) is 18.6. The number of benzene rings is 3. The van der Waals surface area contributed by atoms with Gasteiger partial charge in [-0.05, 0) is 23.9 Å². The monoisotopic (exact) mass is 357 g/mol. The van der Waals surface area contributed by atoms with Gasteiger partial charge in [-0.3, -0.25) is 9.48 Å². The molecule has 1 heterocycles. The van der Waals surface area contributed by atoms with Gasteiger partial charge in [-0.25, -0.2) is 0 Å². The maximum Gasteiger partial charge on any atom is 0.274 e. The number of rotatable bonds is 6. The maximum absolute atomic E-state index is 13.2. The number of anilines is 1. The molecular weight excluding hydrogens is 334 g/mol. The molecule has 4 aromatic rings. The third-order valence-corrected chi connectivity index (χ3v) is 4.87. The quantitative estimate of drug-likeness (QED) is 0.454. The van der Waals surface area contributed by atoms with E-state index >= 15 is 0 Å². The van der Waals surface area contributed by atoms with E-state index in [-0.39, 0.29) is 5.91 Å². The van der Waals surface area contributed by atoms with Gasteiger partial charge in [-0.2, -0.15) is 5.10 Å². The lowest BCUT2D eigenvalue weighted by Crippen LogP contribution is -2.18. The van der Waals surface area contributed by atoms with Crippen LogP contribution >= 0.6 is 0 Å². The molecule has 0 aliphatic carbocycles. The van der Waals surface area contributed by atoms with Crippen molar-refractivity contribution in [1.82, 2.24) is 9.78 Å². The van der Waals surface area contributed by atoms with Crippen molar-refractivity contribution in [3.05, 3.63) is 72.4 Å². The Morgan fingerprint density at radius 1 is 0.926 bits per heavy atom. The third-order valence-electron chi connectivity index (χ3n) is 4.87. The van der Waals surface area contributed by atoms with Crippen LogP contribution in [0, 0.1) is 0 Å². The van der Waals surface area contributed by atoms with Crippen LogP contribution in [0.2, 0.25) is 0 Å². The number of aryl methyl sites for hydroxylation is 1. The van der Waals surface area contributed by atoms with E-state index in [2.05, 4.69) is 29.5 Å². The lowest BCUT2D eigenvalue weighted by molar-refractivity contribution is 0.101. The van der Waals surface area contributed by atoms with Crippen LogP contribution in [-0.4, -0.2) is 15.7 Å². The van der Waals surface area contributed by atoms with Crippen molar-refractivity contribution < 1.29 is 4.79 Å². The van der Waals surface area contributed by atoms with E-state index in [1.807, 2.05) is 59.3 Å². The number of carbonyl (C=O) groups is 1. The molecule has 0 fully saturated rings. The van der Waals surface area contributed by atoms with Crippen molar-refractivity contribution in [2.75, 3.05) is 5.32 Å². The molecule has 0 radical (unpaired) electrons. The molecule has 0 saturated heterocycles. The van der Waals surface area contributed by atoms with Gasteiger partial charge in [0.25, 0.3) is 5.91 Å². The Balaban J connectivity index is 1.72. The summed E-state index contributed by atoms with van der Waals surface area (Å²) in [5.74, 6) is -0.114. The Hall–Kier alpha value is -3.14. The predicted octanol–water partition coefficient (Wildman–Crippen LogP) is 5.63. The van der Waals surface area contributed by atoms with Crippen LogP contribution in [0.25, 0.3) is 21.7 Å². The summed E-state index contributed by atoms with van der Waals surface area (Å²) in [4.78, 5) is 13.2. The Morgan fingerprint density at radius 2 is 1.67 bits per heavy atom. The number of amides is 1. The SMILES string of the molecule is CCCCCn1nc2ccccc2c1C(=O)Nc1cccc2ccccc12. The highest BCUT2D eigenvalue weighted by molar-refractivity contribution is 6.14. The van der Waals surface area contributed by atoms with Crippen molar-refractivity contribution in [2.24, 2.45) is 0 Å². The zero-order valence-electron chi connectivity index (χ0n) is 15.5. The number of unbranched alkanes of at least 4 members (excludes halogenated alkanes) is 2. The van der Waals surface area contributed by atoms with Crippen molar-refractivity contribution in [2.45, 2.75) is 32.7 Å². The van der Waals surface area contributed by atoms with E-state index in [9.17, 15) is 4.79 Å². The molecule has 136 valence electrons. The van der Waals surface area contributed by atoms with Crippen LogP contribution in [0.1, 0.15) is 36.7 Å². The molecule has 1 aromatic heterocycles. The molecule has 0 atom stereocenters. The molecule has 4 nitrogen and oxygen atoms in total. The summed E-state index contributed by atoms with van der Waals surface area (Å²) < 4.78 is 1.86. The van der Waals surface area contributed by atoms with Gasteiger partial charge in [-0.15, -0.1) is 0 Å². The zero-order valence-corrected chi connectivity index (χ0v) is 15.5. The van der Waals surface area contributed by atoms with Crippen LogP contribution in [0.3, 0.4) is 0 Å². The predicted molar refractivity (Wildman–Crippen MR) is 111 cm³/mol. The first-order valence-corrected chi connectivity index (χ1v) is 9.52. The summed E-state index contributed by atoms with van der Waals surface area (Å²) >= 11 is 0. The van der Waals surface area contributed by atoms with Crippen LogP contribution in [0.4, 0.5) is 5.69 Å². The van der Waals surface area contributed by atoms with Gasteiger partial charge in [0.1, 0.15) is 5.69 Å². The lowest BCUT2D eigenvalue weighted by Gasteiger charge is -2.11. The van der Waals surface area contributed by atoms with E-state index in [1.54, 1.807) is 0 Å². The molecule has 27 heavy (non-hydrogen) atoms. The van der Waals surface area contributed by atoms with Crippen LogP contribution in [0.5, 0.6) is 0 Å². The first kappa shape index (κ1) is 17.3. The number of carbonyl (C=O) groups excluding carboxylic acids is 1. The Kier molecular flexibility index (Phi) is 4.88. The number of nitrogens with one attached hydrogen (secondary N) is 1. The van der Waals surface area contributed by atoms with E-state index in [0.717, 1.165) is 53.2 Å². The van der Waals surface area contributed by atoms with Crippen molar-refractivity contribution in [1.29, 1.82) is 0 Å². The average Bonchev–Trinajstić information content (AvgIpc) is 3.07. The highest BCUT2D eigenvalue weighted by Gasteiger charge is 2.18. The highest BCUT2D eigenvalue weighted by atomic mass is 16.2. The molecule has 0 unspecified atom stereocenters. The smallest absolute Gasteiger partial charge is 0.274 e. The first-order valence-electron chi connectivity index (χ1n) is 9.52. The summed E-state index contributed by atoms with van der Waals surface area (Å²) in [6, 6.07) is 21.9. The number of hydrogen-bond acceptors (Lipinski definition) is 2. The van der Waals surface area contributed by atoms with Gasteiger partial charge in [-0.1, -0.05) is 74.4 Å². The minimum atomic E-state index is -0.114. The largest absolute Gasteiger partial charge is 0.320 e. The molecule has 1 N–H and O–H groups in total. The van der Waals surface area contributed by atoms with Crippen LogP contribution in [0.15, 0.2) is 66.7 Å². The fraction of sp³-hybridized carbons (Fsp3) is 0.217. The summed E-state index contributed by atoms with van der Waals surface area (Å²) in [7, 11) is 0. The van der Waals surface area contributed by atoms with Crippen LogP contribution in [-0.2, 0) is 6.54 Å². The molecule has 4 rings (SSSR count). The molecule has 0 aliphatic rings. The molecule has 0 saturated carbocycles. The molecule has 4 heteroatoms. The molecular formula is C23H23N3O. The topological polar surface area (TPSA) is 46.9 Å². The second kappa shape index (κ2) is 7.62. The Labute approximate surface area is 158 Å². The van der Waals surface area contributed by atoms with Crippen molar-refractivity contribution in [3.63, 3.8) is 0 Å². The summed E-state index contributed by atoms with van der Waals surface area (Å²) in [5.41, 5.74) is 2.31. The number of nitrogens with zero attached hydrogens (tertiary/aromatic N) is 2. The van der Waals surface area contributed by atoms with E-state index in [1.165, 1.54) is 0 Å². The number of hydrogen-bond donors (Lipinski definition) is 1. The third kappa shape index (κ3) is 3.43. The Morgan fingerprint density at radius 3 is 2.52 bits per heavy atom. The standard InChI is InChI=1S/C23H23N3O/c1-2-3-8-16-26-22(19-13-6-7-14-21(19)25-26)23(27)24-20-15-9-11-17-10-4-5-12-18(17)20/h4-7,9-15H,2-3,8,16H2,1H3,(H,24,27). The van der Waals surface area contributed by atoms with E-state index in [0.29, 0.717) is 5.69 Å². The minimum Gasteiger partial charge on any atom is -0.320 e. The lowest BCUT2D eigenvalue weighted by atomic mass is 10.1. The van der Waals surface area contributed by atoms with Gasteiger partial charge < -0.3 is 5.32 Å². The van der Waals surface area contributed by atoms with E-state index < -0.39 is 0 Å². The normalized spacial score (nSPS) is 11.1. The fourth-order valence-electron chi connectivity index (χ4n) is 3.51. The van der Waals surface area contributed by atoms with Crippen LogP contribution < -0.4 is 5.32 Å². The van der Waals surface area contributed by atoms with E-state index in [4.69, 9.17) is 0 Å². The first-order chi connectivity index (χ1) is 13.3. The molecule has 1 amide bonds. The van der Waals surface area contributed by atoms with Gasteiger partial charge in [0.2, 0.25) is 0 Å². The molecule has 0 aliphatic heterocycles. The maximum atomic E-state index is 13.2. The highest BCUT2D eigenvalue weighted by Crippen LogP contribution is 2.25.